The summed E-state index contributed by atoms with van der Waals surface area (Å²) in [4.78, 5) is 0. The second kappa shape index (κ2) is 11.6. The van der Waals surface area contributed by atoms with Crippen LogP contribution >= 0.6 is 0 Å². The third kappa shape index (κ3) is 7.55. The maximum Gasteiger partial charge on any atom is 0.499 e. The van der Waals surface area contributed by atoms with Crippen molar-refractivity contribution in [3.63, 3.8) is 0 Å². The van der Waals surface area contributed by atoms with Gasteiger partial charge in [0.15, 0.2) is 0 Å². The van der Waals surface area contributed by atoms with E-state index >= 15 is 0 Å². The maximum atomic E-state index is 6.78. The van der Waals surface area contributed by atoms with E-state index in [0.29, 0.717) is 19.1 Å². The summed E-state index contributed by atoms with van der Waals surface area (Å²) in [5.41, 5.74) is 6.15. The van der Waals surface area contributed by atoms with E-state index < -0.39 is 14.5 Å². The van der Waals surface area contributed by atoms with Gasteiger partial charge in [-0.3, -0.25) is 0 Å². The van der Waals surface area contributed by atoms with Gasteiger partial charge in [-0.2, -0.15) is 0 Å². The summed E-state index contributed by atoms with van der Waals surface area (Å²) in [7, 11) is -2.68. The molecule has 0 saturated carbocycles. The average molecular weight is 334 g/mol. The number of hydrogen-bond donors (Lipinski definition) is 1. The van der Waals surface area contributed by atoms with Crippen LogP contribution in [-0.4, -0.2) is 27.7 Å². The zero-order chi connectivity index (χ0) is 17.1. The van der Waals surface area contributed by atoms with E-state index in [0.717, 1.165) is 32.1 Å². The maximum absolute atomic E-state index is 6.78. The molecule has 134 valence electrons. The van der Waals surface area contributed by atoms with Gasteiger partial charge in [-0.25, -0.2) is 0 Å². The number of hydrogen-bond acceptors (Lipinski definition) is 4. The van der Waals surface area contributed by atoms with Crippen LogP contribution in [0.15, 0.2) is 0 Å². The van der Waals surface area contributed by atoms with E-state index in [4.69, 9.17) is 19.0 Å². The Morgan fingerprint density at radius 1 is 0.955 bits per heavy atom. The summed E-state index contributed by atoms with van der Waals surface area (Å²) in [6.07, 6.45) is 7.58. The van der Waals surface area contributed by atoms with Crippen molar-refractivity contribution < 1.29 is 13.3 Å². The van der Waals surface area contributed by atoms with Gasteiger partial charge in [0.2, 0.25) is 0 Å². The van der Waals surface area contributed by atoms with Gasteiger partial charge in [-0.05, 0) is 39.5 Å². The van der Waals surface area contributed by atoms with Crippen molar-refractivity contribution in [3.8, 4) is 0 Å². The summed E-state index contributed by atoms with van der Waals surface area (Å²) < 4.78 is 18.1. The molecule has 4 nitrogen and oxygen atoms in total. The monoisotopic (exact) mass is 333 g/mol. The molecule has 0 heterocycles. The molecule has 2 atom stereocenters. The summed E-state index contributed by atoms with van der Waals surface area (Å²) in [6.45, 7) is 13.7. The highest BCUT2D eigenvalue weighted by atomic mass is 28.4. The number of nitrogens with two attached hydrogens (primary N) is 1. The highest BCUT2D eigenvalue weighted by Crippen LogP contribution is 2.33. The second-order valence-corrected chi connectivity index (χ2v) is 8.64. The van der Waals surface area contributed by atoms with Crippen molar-refractivity contribution >= 4 is 8.80 Å². The van der Waals surface area contributed by atoms with Crippen LogP contribution in [0.4, 0.5) is 0 Å². The van der Waals surface area contributed by atoms with Crippen molar-refractivity contribution in [3.05, 3.63) is 0 Å². The van der Waals surface area contributed by atoms with Gasteiger partial charge in [-0.1, -0.05) is 40.0 Å². The van der Waals surface area contributed by atoms with Crippen LogP contribution in [0, 0.1) is 5.92 Å². The molecule has 0 saturated heterocycles. The lowest BCUT2D eigenvalue weighted by Crippen LogP contribution is -2.59. The molecule has 0 aliphatic heterocycles. The fourth-order valence-electron chi connectivity index (χ4n) is 3.10. The molecule has 2 N–H and O–H groups in total. The second-order valence-electron chi connectivity index (χ2n) is 6.14. The molecule has 0 aromatic carbocycles. The van der Waals surface area contributed by atoms with Crippen LogP contribution in [0.1, 0.15) is 79.6 Å². The van der Waals surface area contributed by atoms with Gasteiger partial charge >= 0.3 is 8.80 Å². The molecule has 5 heteroatoms. The Morgan fingerprint density at radius 3 is 1.95 bits per heavy atom. The Balaban J connectivity index is 5.16. The van der Waals surface area contributed by atoms with E-state index in [2.05, 4.69) is 20.8 Å². The van der Waals surface area contributed by atoms with E-state index in [-0.39, 0.29) is 0 Å². The molecule has 0 rings (SSSR count). The van der Waals surface area contributed by atoms with E-state index in [1.807, 2.05) is 20.4 Å². The Labute approximate surface area is 139 Å². The van der Waals surface area contributed by atoms with Gasteiger partial charge in [0.05, 0.1) is 0 Å². The number of rotatable bonds is 14. The van der Waals surface area contributed by atoms with Crippen molar-refractivity contribution in [1.82, 2.24) is 0 Å². The quantitative estimate of drug-likeness (QED) is 0.284. The Bertz CT molecular complexity index is 273. The smallest absolute Gasteiger partial charge is 0.374 e. The molecule has 0 amide bonds. The zero-order valence-electron chi connectivity index (χ0n) is 15.7. The lowest BCUT2D eigenvalue weighted by molar-refractivity contribution is -0.0680. The lowest BCUT2D eigenvalue weighted by Gasteiger charge is -2.42. The van der Waals surface area contributed by atoms with Crippen molar-refractivity contribution in [1.29, 1.82) is 0 Å². The third-order valence-electron chi connectivity index (χ3n) is 4.18. The summed E-state index contributed by atoms with van der Waals surface area (Å²) in [5.74, 6) is 0.349. The largest absolute Gasteiger partial charge is 0.499 e. The predicted molar refractivity (Wildman–Crippen MR) is 95.7 cm³/mol. The predicted octanol–water partition coefficient (Wildman–Crippen LogP) is 4.71. The fraction of sp³-hybridized carbons (Fsp3) is 1.00. The molecule has 0 bridgehead atoms. The van der Waals surface area contributed by atoms with Crippen LogP contribution in [0.2, 0.25) is 6.55 Å². The normalized spacial score (nSPS) is 16.5. The summed E-state index contributed by atoms with van der Waals surface area (Å²) in [6, 6.07) is 0. The molecule has 2 unspecified atom stereocenters. The van der Waals surface area contributed by atoms with E-state index in [1.165, 1.54) is 12.8 Å². The minimum absolute atomic E-state index is 0.349. The molecular weight excluding hydrogens is 294 g/mol. The molecule has 0 aromatic heterocycles. The molecule has 0 radical (unpaired) electrons. The Morgan fingerprint density at radius 2 is 1.55 bits per heavy atom. The van der Waals surface area contributed by atoms with Gasteiger partial charge in [0, 0.05) is 25.7 Å². The van der Waals surface area contributed by atoms with Gasteiger partial charge in [0.25, 0.3) is 0 Å². The summed E-state index contributed by atoms with van der Waals surface area (Å²) >= 11 is 0. The first kappa shape index (κ1) is 22.1. The topological polar surface area (TPSA) is 53.7 Å². The Hall–Kier alpha value is 0.0569. The third-order valence-corrected chi connectivity index (χ3v) is 6.56. The fourth-order valence-corrected chi connectivity index (χ4v) is 5.31. The highest BCUT2D eigenvalue weighted by Gasteiger charge is 2.45. The zero-order valence-corrected chi connectivity index (χ0v) is 16.7. The van der Waals surface area contributed by atoms with Gasteiger partial charge in [0.1, 0.15) is 5.72 Å². The molecular formula is C17H39NO3Si. The molecule has 0 aliphatic carbocycles. The van der Waals surface area contributed by atoms with Crippen molar-refractivity contribution in [2.24, 2.45) is 11.7 Å². The lowest BCUT2D eigenvalue weighted by atomic mass is 9.86. The SMILES string of the molecule is CCCCCC(N)(O[Si](C)(OCC)OCC)C(CC)CCC. The van der Waals surface area contributed by atoms with Crippen LogP contribution in [0.3, 0.4) is 0 Å². The summed E-state index contributed by atoms with van der Waals surface area (Å²) in [5, 5.41) is 0. The minimum Gasteiger partial charge on any atom is -0.374 e. The van der Waals surface area contributed by atoms with E-state index in [1.54, 1.807) is 0 Å². The van der Waals surface area contributed by atoms with Crippen LogP contribution in [0.25, 0.3) is 0 Å². The first-order valence-electron chi connectivity index (χ1n) is 9.18. The van der Waals surface area contributed by atoms with Crippen molar-refractivity contribution in [2.75, 3.05) is 13.2 Å². The van der Waals surface area contributed by atoms with E-state index in [9.17, 15) is 0 Å². The molecule has 0 aliphatic rings. The average Bonchev–Trinajstić information content (AvgIpc) is 2.45. The van der Waals surface area contributed by atoms with Crippen LogP contribution in [0.5, 0.6) is 0 Å². The minimum atomic E-state index is -2.68. The first-order chi connectivity index (χ1) is 10.4. The first-order valence-corrected chi connectivity index (χ1v) is 11.4. The Kier molecular flexibility index (Phi) is 11.6. The van der Waals surface area contributed by atoms with Crippen molar-refractivity contribution in [2.45, 2.75) is 91.8 Å². The van der Waals surface area contributed by atoms with Gasteiger partial charge < -0.3 is 19.0 Å². The van der Waals surface area contributed by atoms with Crippen LogP contribution in [-0.2, 0) is 13.3 Å². The number of unbranched alkanes of at least 4 members (excludes halogenated alkanes) is 2. The molecule has 0 fully saturated rings. The molecule has 22 heavy (non-hydrogen) atoms. The van der Waals surface area contributed by atoms with Crippen LogP contribution < -0.4 is 5.73 Å². The highest BCUT2D eigenvalue weighted by molar-refractivity contribution is 6.59. The van der Waals surface area contributed by atoms with Gasteiger partial charge in [-0.15, -0.1) is 0 Å². The standard InChI is InChI=1S/C17H39NO3Si/c1-7-12-13-15-17(18,16(9-3)14-8-2)21-22(6,19-10-4)20-11-5/h16H,7-15,18H2,1-6H3. The molecule has 0 spiro atoms. The molecule has 0 aromatic rings.